The van der Waals surface area contributed by atoms with Gasteiger partial charge < -0.3 is 21.5 Å². The van der Waals surface area contributed by atoms with Crippen LogP contribution in [0.25, 0.3) is 0 Å². The first-order valence-electron chi connectivity index (χ1n) is 4.88. The Morgan fingerprint density at radius 1 is 1.47 bits per heavy atom. The van der Waals surface area contributed by atoms with Crippen LogP contribution >= 0.6 is 0 Å². The minimum Gasteiger partial charge on any atom is -0.396 e. The SMILES string of the molecule is COCC(C)CNc1ccc(N)c(N)n1. The lowest BCUT2D eigenvalue weighted by Crippen LogP contribution is -2.16. The Hall–Kier alpha value is -1.49. The molecule has 0 spiro atoms. The molecule has 5 nitrogen and oxygen atoms in total. The quantitative estimate of drug-likeness (QED) is 0.673. The second-order valence-corrected chi connectivity index (χ2v) is 3.61. The molecule has 0 radical (unpaired) electrons. The number of aromatic nitrogens is 1. The van der Waals surface area contributed by atoms with E-state index in [4.69, 9.17) is 16.2 Å². The first-order chi connectivity index (χ1) is 7.13. The van der Waals surface area contributed by atoms with Gasteiger partial charge in [-0.25, -0.2) is 4.98 Å². The average Bonchev–Trinajstić information content (AvgIpc) is 2.20. The van der Waals surface area contributed by atoms with Crippen molar-refractivity contribution in [1.29, 1.82) is 0 Å². The molecule has 1 rings (SSSR count). The van der Waals surface area contributed by atoms with E-state index >= 15 is 0 Å². The minimum absolute atomic E-state index is 0.361. The summed E-state index contributed by atoms with van der Waals surface area (Å²) >= 11 is 0. The van der Waals surface area contributed by atoms with E-state index in [9.17, 15) is 0 Å². The maximum Gasteiger partial charge on any atom is 0.149 e. The van der Waals surface area contributed by atoms with E-state index in [0.29, 0.717) is 17.4 Å². The van der Waals surface area contributed by atoms with E-state index in [1.807, 2.05) is 6.07 Å². The fraction of sp³-hybridized carbons (Fsp3) is 0.500. The van der Waals surface area contributed by atoms with Crippen LogP contribution < -0.4 is 16.8 Å². The standard InChI is InChI=1S/C10H18N4O/c1-7(6-15-2)5-13-9-4-3-8(11)10(12)14-9/h3-4,7H,5-6,11H2,1-2H3,(H3,12,13,14). The molecule has 1 heterocycles. The van der Waals surface area contributed by atoms with E-state index in [1.165, 1.54) is 0 Å². The van der Waals surface area contributed by atoms with Gasteiger partial charge in [-0.2, -0.15) is 0 Å². The number of methoxy groups -OCH3 is 1. The van der Waals surface area contributed by atoms with Gasteiger partial charge in [-0.3, -0.25) is 0 Å². The van der Waals surface area contributed by atoms with Crippen LogP contribution in [0.15, 0.2) is 12.1 Å². The molecule has 15 heavy (non-hydrogen) atoms. The Kier molecular flexibility index (Phi) is 4.17. The predicted molar refractivity (Wildman–Crippen MR) is 62.6 cm³/mol. The number of ether oxygens (including phenoxy) is 1. The predicted octanol–water partition coefficient (Wildman–Crippen LogP) is 0.940. The summed E-state index contributed by atoms with van der Waals surface area (Å²) in [6.45, 7) is 3.61. The lowest BCUT2D eigenvalue weighted by Gasteiger charge is -2.12. The molecule has 1 unspecified atom stereocenters. The zero-order chi connectivity index (χ0) is 11.3. The third-order valence-corrected chi connectivity index (χ3v) is 2.04. The highest BCUT2D eigenvalue weighted by molar-refractivity contribution is 5.61. The molecule has 0 bridgehead atoms. The van der Waals surface area contributed by atoms with Gasteiger partial charge in [0.05, 0.1) is 12.3 Å². The summed E-state index contributed by atoms with van der Waals surface area (Å²) in [7, 11) is 1.69. The molecule has 0 aromatic carbocycles. The fourth-order valence-electron chi connectivity index (χ4n) is 1.21. The van der Waals surface area contributed by atoms with Crippen LogP contribution in [0.1, 0.15) is 6.92 Å². The Labute approximate surface area is 89.8 Å². The fourth-order valence-corrected chi connectivity index (χ4v) is 1.21. The van der Waals surface area contributed by atoms with Crippen molar-refractivity contribution in [2.45, 2.75) is 6.92 Å². The average molecular weight is 210 g/mol. The molecular formula is C10H18N4O. The highest BCUT2D eigenvalue weighted by Gasteiger charge is 2.02. The van der Waals surface area contributed by atoms with Crippen molar-refractivity contribution in [3.63, 3.8) is 0 Å². The summed E-state index contributed by atoms with van der Waals surface area (Å²) < 4.78 is 5.03. The van der Waals surface area contributed by atoms with E-state index in [2.05, 4.69) is 17.2 Å². The molecule has 1 aromatic rings. The summed E-state index contributed by atoms with van der Waals surface area (Å²) in [6, 6.07) is 3.55. The third-order valence-electron chi connectivity index (χ3n) is 2.04. The summed E-state index contributed by atoms with van der Waals surface area (Å²) in [4.78, 5) is 4.11. The summed E-state index contributed by atoms with van der Waals surface area (Å²) in [5.41, 5.74) is 11.6. The van der Waals surface area contributed by atoms with Crippen LogP contribution in [0.3, 0.4) is 0 Å². The molecule has 0 saturated heterocycles. The van der Waals surface area contributed by atoms with Gasteiger partial charge in [0.15, 0.2) is 0 Å². The van der Waals surface area contributed by atoms with Crippen molar-refractivity contribution in [2.75, 3.05) is 37.0 Å². The molecule has 1 aromatic heterocycles. The van der Waals surface area contributed by atoms with Crippen LogP contribution in [0.2, 0.25) is 0 Å². The van der Waals surface area contributed by atoms with E-state index in [1.54, 1.807) is 13.2 Å². The van der Waals surface area contributed by atoms with Crippen LogP contribution in [-0.4, -0.2) is 25.2 Å². The van der Waals surface area contributed by atoms with Gasteiger partial charge in [0, 0.05) is 13.7 Å². The van der Waals surface area contributed by atoms with Gasteiger partial charge in [-0.15, -0.1) is 0 Å². The Bertz CT molecular complexity index is 316. The van der Waals surface area contributed by atoms with Gasteiger partial charge >= 0.3 is 0 Å². The summed E-state index contributed by atoms with van der Waals surface area (Å²) in [5, 5.41) is 3.17. The number of nitrogen functional groups attached to an aromatic ring is 2. The normalized spacial score (nSPS) is 12.4. The first-order valence-corrected chi connectivity index (χ1v) is 4.88. The van der Waals surface area contributed by atoms with E-state index < -0.39 is 0 Å². The van der Waals surface area contributed by atoms with Crippen molar-refractivity contribution in [2.24, 2.45) is 5.92 Å². The smallest absolute Gasteiger partial charge is 0.149 e. The van der Waals surface area contributed by atoms with Crippen LogP contribution in [0.5, 0.6) is 0 Å². The molecule has 0 saturated carbocycles. The number of pyridine rings is 1. The molecule has 0 fully saturated rings. The largest absolute Gasteiger partial charge is 0.396 e. The summed E-state index contributed by atoms with van der Waals surface area (Å²) in [6.07, 6.45) is 0. The number of nitrogens with one attached hydrogen (secondary N) is 1. The van der Waals surface area contributed by atoms with Crippen molar-refractivity contribution >= 4 is 17.3 Å². The highest BCUT2D eigenvalue weighted by Crippen LogP contribution is 2.14. The third kappa shape index (κ3) is 3.63. The van der Waals surface area contributed by atoms with Crippen molar-refractivity contribution in [3.8, 4) is 0 Å². The Morgan fingerprint density at radius 2 is 2.20 bits per heavy atom. The molecule has 0 aliphatic carbocycles. The van der Waals surface area contributed by atoms with Gasteiger partial charge in [0.1, 0.15) is 11.6 Å². The maximum absolute atomic E-state index is 5.58. The molecule has 84 valence electrons. The number of rotatable bonds is 5. The molecule has 1 atom stereocenters. The molecule has 0 aliphatic rings. The molecule has 5 N–H and O–H groups in total. The zero-order valence-electron chi connectivity index (χ0n) is 9.16. The van der Waals surface area contributed by atoms with Crippen molar-refractivity contribution in [3.05, 3.63) is 12.1 Å². The van der Waals surface area contributed by atoms with E-state index in [0.717, 1.165) is 19.0 Å². The van der Waals surface area contributed by atoms with Gasteiger partial charge in [0.25, 0.3) is 0 Å². The Morgan fingerprint density at radius 3 is 2.80 bits per heavy atom. The number of hydrogen-bond acceptors (Lipinski definition) is 5. The maximum atomic E-state index is 5.58. The lowest BCUT2D eigenvalue weighted by atomic mass is 10.2. The van der Waals surface area contributed by atoms with Gasteiger partial charge in [-0.1, -0.05) is 6.92 Å². The number of hydrogen-bond donors (Lipinski definition) is 3. The molecular weight excluding hydrogens is 192 g/mol. The number of nitrogens with zero attached hydrogens (tertiary/aromatic N) is 1. The monoisotopic (exact) mass is 210 g/mol. The second-order valence-electron chi connectivity index (χ2n) is 3.61. The highest BCUT2D eigenvalue weighted by atomic mass is 16.5. The van der Waals surface area contributed by atoms with Crippen molar-refractivity contribution in [1.82, 2.24) is 4.98 Å². The van der Waals surface area contributed by atoms with Crippen LogP contribution in [0.4, 0.5) is 17.3 Å². The number of anilines is 3. The van der Waals surface area contributed by atoms with Crippen LogP contribution in [-0.2, 0) is 4.74 Å². The van der Waals surface area contributed by atoms with Crippen molar-refractivity contribution < 1.29 is 4.74 Å². The van der Waals surface area contributed by atoms with Gasteiger partial charge in [0.2, 0.25) is 0 Å². The molecule has 0 aliphatic heterocycles. The Balaban J connectivity index is 2.47. The second kappa shape index (κ2) is 5.41. The summed E-state index contributed by atoms with van der Waals surface area (Å²) in [5.74, 6) is 1.53. The zero-order valence-corrected chi connectivity index (χ0v) is 9.16. The molecule has 0 amide bonds. The topological polar surface area (TPSA) is 86.2 Å². The van der Waals surface area contributed by atoms with E-state index in [-0.39, 0.29) is 0 Å². The van der Waals surface area contributed by atoms with Gasteiger partial charge in [-0.05, 0) is 18.1 Å². The lowest BCUT2D eigenvalue weighted by molar-refractivity contribution is 0.164. The minimum atomic E-state index is 0.361. The molecule has 5 heteroatoms. The first kappa shape index (κ1) is 11.6. The van der Waals surface area contributed by atoms with Crippen LogP contribution in [0, 0.1) is 5.92 Å². The number of nitrogens with two attached hydrogens (primary N) is 2.